The lowest BCUT2D eigenvalue weighted by molar-refractivity contribution is -0.132. The Morgan fingerprint density at radius 3 is 2.95 bits per heavy atom. The van der Waals surface area contributed by atoms with Gasteiger partial charge in [0.15, 0.2) is 0 Å². The minimum atomic E-state index is 0.336. The summed E-state index contributed by atoms with van der Waals surface area (Å²) in [7, 11) is 0. The van der Waals surface area contributed by atoms with Gasteiger partial charge >= 0.3 is 0 Å². The first-order chi connectivity index (χ1) is 9.33. The van der Waals surface area contributed by atoms with Gasteiger partial charge in [0.05, 0.1) is 6.61 Å². The van der Waals surface area contributed by atoms with E-state index in [1.807, 2.05) is 0 Å². The highest BCUT2D eigenvalue weighted by Gasteiger charge is 2.34. The molecule has 1 aromatic heterocycles. The van der Waals surface area contributed by atoms with Crippen LogP contribution >= 0.6 is 11.3 Å². The third-order valence-electron chi connectivity index (χ3n) is 3.95. The molecular formula is C15H21NO2S. The van der Waals surface area contributed by atoms with Crippen LogP contribution in [0.25, 0.3) is 0 Å². The molecule has 104 valence electrons. The molecule has 0 N–H and O–H groups in total. The first kappa shape index (κ1) is 13.1. The number of carbonyl (C=O) groups excluding carboxylic acids is 1. The number of hydrogen-bond donors (Lipinski definition) is 0. The van der Waals surface area contributed by atoms with Crippen molar-refractivity contribution in [2.24, 2.45) is 5.92 Å². The average Bonchev–Trinajstić information content (AvgIpc) is 2.94. The normalized spacial score (nSPS) is 22.6. The van der Waals surface area contributed by atoms with E-state index in [0.717, 1.165) is 32.6 Å². The Bertz CT molecular complexity index is 408. The van der Waals surface area contributed by atoms with Crippen LogP contribution < -0.4 is 0 Å². The molecule has 3 nitrogen and oxygen atoms in total. The summed E-state index contributed by atoms with van der Waals surface area (Å²) in [6.45, 7) is 2.61. The Morgan fingerprint density at radius 2 is 2.32 bits per heavy atom. The van der Waals surface area contributed by atoms with E-state index in [2.05, 4.69) is 22.4 Å². The van der Waals surface area contributed by atoms with Gasteiger partial charge in [0.1, 0.15) is 0 Å². The quantitative estimate of drug-likeness (QED) is 0.801. The fourth-order valence-corrected chi connectivity index (χ4v) is 3.38. The molecule has 1 aliphatic heterocycles. The molecule has 4 heteroatoms. The molecule has 2 aliphatic rings. The van der Waals surface area contributed by atoms with Crippen molar-refractivity contribution >= 4 is 17.2 Å². The van der Waals surface area contributed by atoms with Gasteiger partial charge in [-0.25, -0.2) is 0 Å². The summed E-state index contributed by atoms with van der Waals surface area (Å²) in [5.41, 5.74) is 0. The molecule has 2 heterocycles. The second-order valence-corrected chi connectivity index (χ2v) is 6.62. The van der Waals surface area contributed by atoms with Gasteiger partial charge in [0, 0.05) is 36.4 Å². The molecule has 0 radical (unpaired) electrons. The summed E-state index contributed by atoms with van der Waals surface area (Å²) in [6.07, 6.45) is 5.05. The Kier molecular flexibility index (Phi) is 4.18. The van der Waals surface area contributed by atoms with Crippen LogP contribution in [0.3, 0.4) is 0 Å². The van der Waals surface area contributed by atoms with Crippen LogP contribution in [0, 0.1) is 5.92 Å². The molecule has 1 aliphatic carbocycles. The molecule has 0 aromatic carbocycles. The first-order valence-corrected chi connectivity index (χ1v) is 8.10. The number of hydrogen-bond acceptors (Lipinski definition) is 3. The number of amides is 1. The lowest BCUT2D eigenvalue weighted by Crippen LogP contribution is -2.37. The summed E-state index contributed by atoms with van der Waals surface area (Å²) in [5, 5.41) is 2.08. The fourth-order valence-electron chi connectivity index (χ4n) is 2.67. The molecule has 0 bridgehead atoms. The van der Waals surface area contributed by atoms with E-state index in [-0.39, 0.29) is 0 Å². The summed E-state index contributed by atoms with van der Waals surface area (Å²) in [4.78, 5) is 15.8. The third-order valence-corrected chi connectivity index (χ3v) is 4.89. The van der Waals surface area contributed by atoms with Crippen LogP contribution in [0.4, 0.5) is 0 Å². The van der Waals surface area contributed by atoms with E-state index in [9.17, 15) is 4.79 Å². The number of ether oxygens (including phenoxy) is 1. The number of carbonyl (C=O) groups is 1. The van der Waals surface area contributed by atoms with Crippen LogP contribution in [0.15, 0.2) is 17.5 Å². The lowest BCUT2D eigenvalue weighted by atomic mass is 10.1. The van der Waals surface area contributed by atoms with Gasteiger partial charge in [-0.05, 0) is 37.1 Å². The highest BCUT2D eigenvalue weighted by Crippen LogP contribution is 2.29. The summed E-state index contributed by atoms with van der Waals surface area (Å²) >= 11 is 1.74. The number of nitrogens with zero attached hydrogens (tertiary/aromatic N) is 1. The number of thiophene rings is 1. The van der Waals surface area contributed by atoms with Crippen LogP contribution in [0.2, 0.25) is 0 Å². The molecule has 2 fully saturated rings. The molecule has 1 saturated carbocycles. The van der Waals surface area contributed by atoms with Crippen LogP contribution in [0.1, 0.15) is 30.6 Å². The van der Waals surface area contributed by atoms with Crippen LogP contribution in [-0.4, -0.2) is 36.6 Å². The Morgan fingerprint density at radius 1 is 1.42 bits per heavy atom. The maximum absolute atomic E-state index is 12.4. The second-order valence-electron chi connectivity index (χ2n) is 5.59. The van der Waals surface area contributed by atoms with Crippen LogP contribution in [-0.2, 0) is 16.0 Å². The van der Waals surface area contributed by atoms with Crippen molar-refractivity contribution in [1.82, 2.24) is 4.90 Å². The highest BCUT2D eigenvalue weighted by atomic mass is 32.1. The van der Waals surface area contributed by atoms with E-state index in [4.69, 9.17) is 4.74 Å². The molecule has 1 aromatic rings. The Labute approximate surface area is 118 Å². The van der Waals surface area contributed by atoms with Crippen molar-refractivity contribution in [3.8, 4) is 0 Å². The topological polar surface area (TPSA) is 29.5 Å². The molecular weight excluding hydrogens is 258 g/mol. The van der Waals surface area contributed by atoms with Gasteiger partial charge in [-0.1, -0.05) is 6.07 Å². The summed E-state index contributed by atoms with van der Waals surface area (Å²) < 4.78 is 5.42. The monoisotopic (exact) mass is 279 g/mol. The van der Waals surface area contributed by atoms with Crippen molar-refractivity contribution in [3.05, 3.63) is 22.4 Å². The van der Waals surface area contributed by atoms with Crippen molar-refractivity contribution < 1.29 is 9.53 Å². The van der Waals surface area contributed by atoms with E-state index < -0.39 is 0 Å². The first-order valence-electron chi connectivity index (χ1n) is 7.22. The van der Waals surface area contributed by atoms with Gasteiger partial charge < -0.3 is 9.64 Å². The Hall–Kier alpha value is -0.870. The second kappa shape index (κ2) is 6.06. The molecule has 19 heavy (non-hydrogen) atoms. The van der Waals surface area contributed by atoms with E-state index in [1.54, 1.807) is 11.3 Å². The zero-order chi connectivity index (χ0) is 13.1. The van der Waals surface area contributed by atoms with E-state index in [1.165, 1.54) is 17.7 Å². The molecule has 1 amide bonds. The smallest absolute Gasteiger partial charge is 0.223 e. The highest BCUT2D eigenvalue weighted by molar-refractivity contribution is 7.09. The standard InChI is InChI=1S/C15H21NO2S/c17-15(6-5-14-2-1-9-19-14)16(13-3-4-13)10-12-7-8-18-11-12/h1-2,9,12-13H,3-8,10-11H2. The predicted octanol–water partition coefficient (Wildman–Crippen LogP) is 2.71. The minimum absolute atomic E-state index is 0.336. The fraction of sp³-hybridized carbons (Fsp3) is 0.667. The largest absolute Gasteiger partial charge is 0.381 e. The molecule has 3 rings (SSSR count). The van der Waals surface area contributed by atoms with Crippen molar-refractivity contribution in [1.29, 1.82) is 0 Å². The maximum Gasteiger partial charge on any atom is 0.223 e. The predicted molar refractivity (Wildman–Crippen MR) is 76.3 cm³/mol. The SMILES string of the molecule is O=C(CCc1cccs1)N(CC1CCOC1)C1CC1. The van der Waals surface area contributed by atoms with Crippen molar-refractivity contribution in [3.63, 3.8) is 0 Å². The minimum Gasteiger partial charge on any atom is -0.381 e. The molecule has 1 saturated heterocycles. The zero-order valence-electron chi connectivity index (χ0n) is 11.2. The van der Waals surface area contributed by atoms with Crippen molar-refractivity contribution in [2.75, 3.05) is 19.8 Å². The maximum atomic E-state index is 12.4. The van der Waals surface area contributed by atoms with E-state index >= 15 is 0 Å². The zero-order valence-corrected chi connectivity index (χ0v) is 12.0. The van der Waals surface area contributed by atoms with E-state index in [0.29, 0.717) is 24.3 Å². The van der Waals surface area contributed by atoms with Gasteiger partial charge in [-0.2, -0.15) is 0 Å². The molecule has 1 atom stereocenters. The lowest BCUT2D eigenvalue weighted by Gasteiger charge is -2.25. The van der Waals surface area contributed by atoms with Gasteiger partial charge in [-0.15, -0.1) is 11.3 Å². The van der Waals surface area contributed by atoms with Gasteiger partial charge in [-0.3, -0.25) is 4.79 Å². The average molecular weight is 279 g/mol. The van der Waals surface area contributed by atoms with Crippen molar-refractivity contribution in [2.45, 2.75) is 38.1 Å². The van der Waals surface area contributed by atoms with Crippen LogP contribution in [0.5, 0.6) is 0 Å². The van der Waals surface area contributed by atoms with Gasteiger partial charge in [0.2, 0.25) is 5.91 Å². The molecule has 0 spiro atoms. The van der Waals surface area contributed by atoms with Gasteiger partial charge in [0.25, 0.3) is 0 Å². The number of aryl methyl sites for hydroxylation is 1. The third kappa shape index (κ3) is 3.57. The Balaban J connectivity index is 1.52. The molecule has 1 unspecified atom stereocenters. The summed E-state index contributed by atoms with van der Waals surface area (Å²) in [6, 6.07) is 4.69. The summed E-state index contributed by atoms with van der Waals surface area (Å²) in [5.74, 6) is 0.897. The number of rotatable bonds is 6.